The highest BCUT2D eigenvalue weighted by molar-refractivity contribution is 5.94. The average Bonchev–Trinajstić information content (AvgIpc) is 3.22. The summed E-state index contributed by atoms with van der Waals surface area (Å²) in [7, 11) is 0. The van der Waals surface area contributed by atoms with Crippen LogP contribution in [0.25, 0.3) is 0 Å². The van der Waals surface area contributed by atoms with E-state index in [1.165, 1.54) is 0 Å². The smallest absolute Gasteiger partial charge is 0.274 e. The van der Waals surface area contributed by atoms with Gasteiger partial charge in [0.1, 0.15) is 11.5 Å². The molecule has 2 heterocycles. The third-order valence-electron chi connectivity index (χ3n) is 5.34. The number of ether oxygens (including phenoxy) is 1. The van der Waals surface area contributed by atoms with E-state index in [1.54, 1.807) is 6.92 Å². The van der Waals surface area contributed by atoms with Crippen LogP contribution in [0.15, 0.2) is 22.7 Å². The Bertz CT molecular complexity index is 825. The molecule has 0 bridgehead atoms. The quantitative estimate of drug-likeness (QED) is 0.751. The van der Waals surface area contributed by atoms with Crippen LogP contribution in [-0.4, -0.2) is 34.0 Å². The molecule has 1 fully saturated rings. The highest BCUT2D eigenvalue weighted by Gasteiger charge is 2.37. The molecule has 1 aliphatic carbocycles. The predicted molar refractivity (Wildman–Crippen MR) is 91.7 cm³/mol. The number of carbonyl (C=O) groups excluding carboxylic acids is 1. The van der Waals surface area contributed by atoms with E-state index in [-0.39, 0.29) is 36.3 Å². The molecule has 0 saturated heterocycles. The Labute approximate surface area is 151 Å². The minimum absolute atomic E-state index is 0.111. The number of benzene rings is 1. The molecule has 7 nitrogen and oxygen atoms in total. The molecule has 2 aliphatic rings. The van der Waals surface area contributed by atoms with Crippen molar-refractivity contribution in [2.75, 3.05) is 6.61 Å². The van der Waals surface area contributed by atoms with Crippen molar-refractivity contribution < 1.29 is 24.3 Å². The topological polar surface area (TPSA) is 105 Å². The van der Waals surface area contributed by atoms with Crippen molar-refractivity contribution in [3.05, 3.63) is 46.3 Å². The third kappa shape index (κ3) is 2.97. The second-order valence-corrected chi connectivity index (χ2v) is 7.03. The second kappa shape index (κ2) is 6.74. The molecule has 0 spiro atoms. The lowest BCUT2D eigenvalue weighted by molar-refractivity contribution is 0.0234. The fourth-order valence-electron chi connectivity index (χ4n) is 3.74. The summed E-state index contributed by atoms with van der Waals surface area (Å²) in [5.41, 5.74) is 2.64. The predicted octanol–water partition coefficient (Wildman–Crippen LogP) is 1.65. The number of carbonyl (C=O) groups is 1. The molecule has 26 heavy (non-hydrogen) atoms. The van der Waals surface area contributed by atoms with Crippen molar-refractivity contribution >= 4 is 5.91 Å². The van der Waals surface area contributed by atoms with E-state index in [4.69, 9.17) is 9.26 Å². The number of fused-ring (bicyclic) bond motifs is 1. The average molecular weight is 358 g/mol. The summed E-state index contributed by atoms with van der Waals surface area (Å²) < 4.78 is 10.6. The number of hydrogen-bond acceptors (Lipinski definition) is 6. The first-order chi connectivity index (χ1) is 12.6. The van der Waals surface area contributed by atoms with E-state index in [2.05, 4.69) is 16.5 Å². The summed E-state index contributed by atoms with van der Waals surface area (Å²) in [5, 5.41) is 26.0. The standard InChI is InChI=1S/C19H22N2O5/c1-10-15(9-22)18(21-26-10)19(24)20-17(13-7-14(23)8-13)12-2-3-16-11(6-12)4-5-25-16/h2-3,6,13-14,17,22-23H,4-5,7-9H2,1H3,(H,20,24). The van der Waals surface area contributed by atoms with Crippen molar-refractivity contribution in [1.29, 1.82) is 0 Å². The molecule has 1 aromatic heterocycles. The lowest BCUT2D eigenvalue weighted by atomic mass is 9.74. The molecule has 2 aromatic rings. The van der Waals surface area contributed by atoms with E-state index in [9.17, 15) is 15.0 Å². The van der Waals surface area contributed by atoms with Gasteiger partial charge in [0.15, 0.2) is 5.69 Å². The fraction of sp³-hybridized carbons (Fsp3) is 0.474. The Balaban J connectivity index is 1.60. The van der Waals surface area contributed by atoms with E-state index < -0.39 is 0 Å². The maximum atomic E-state index is 12.7. The molecule has 1 saturated carbocycles. The summed E-state index contributed by atoms with van der Waals surface area (Å²) in [6.45, 7) is 2.03. The number of aliphatic hydroxyl groups is 2. The van der Waals surface area contributed by atoms with Crippen LogP contribution < -0.4 is 10.1 Å². The Morgan fingerprint density at radius 2 is 2.23 bits per heavy atom. The van der Waals surface area contributed by atoms with Crippen LogP contribution in [-0.2, 0) is 13.0 Å². The first-order valence-corrected chi connectivity index (χ1v) is 8.87. The lowest BCUT2D eigenvalue weighted by Gasteiger charge is -2.38. The summed E-state index contributed by atoms with van der Waals surface area (Å²) in [4.78, 5) is 12.7. The van der Waals surface area contributed by atoms with Crippen LogP contribution in [0.2, 0.25) is 0 Å². The van der Waals surface area contributed by atoms with Gasteiger partial charge in [0.05, 0.1) is 30.9 Å². The van der Waals surface area contributed by atoms with E-state index in [1.807, 2.05) is 12.1 Å². The van der Waals surface area contributed by atoms with Crippen LogP contribution >= 0.6 is 0 Å². The number of rotatable bonds is 5. The zero-order chi connectivity index (χ0) is 18.3. The van der Waals surface area contributed by atoms with Gasteiger partial charge in [-0.3, -0.25) is 4.79 Å². The van der Waals surface area contributed by atoms with Crippen molar-refractivity contribution in [3.8, 4) is 5.75 Å². The Hall–Kier alpha value is -2.38. The molecule has 1 aliphatic heterocycles. The van der Waals surface area contributed by atoms with Crippen LogP contribution in [0, 0.1) is 12.8 Å². The number of aryl methyl sites for hydroxylation is 1. The number of amides is 1. The van der Waals surface area contributed by atoms with Gasteiger partial charge in [-0.25, -0.2) is 0 Å². The van der Waals surface area contributed by atoms with E-state index in [0.29, 0.717) is 30.8 Å². The molecule has 1 atom stereocenters. The minimum Gasteiger partial charge on any atom is -0.493 e. The van der Waals surface area contributed by atoms with Gasteiger partial charge in [0, 0.05) is 6.42 Å². The number of aliphatic hydroxyl groups excluding tert-OH is 2. The SMILES string of the molecule is Cc1onc(C(=O)NC(c2ccc3c(c2)CCO3)C2CC(O)C2)c1CO. The third-order valence-corrected chi connectivity index (χ3v) is 5.34. The monoisotopic (exact) mass is 358 g/mol. The summed E-state index contributed by atoms with van der Waals surface area (Å²) in [6, 6.07) is 5.73. The molecule has 1 amide bonds. The van der Waals surface area contributed by atoms with Crippen molar-refractivity contribution in [1.82, 2.24) is 10.5 Å². The summed E-state index contributed by atoms with van der Waals surface area (Å²) >= 11 is 0. The van der Waals surface area contributed by atoms with Crippen molar-refractivity contribution in [3.63, 3.8) is 0 Å². The molecule has 4 rings (SSSR count). The lowest BCUT2D eigenvalue weighted by Crippen LogP contribution is -2.41. The van der Waals surface area contributed by atoms with Gasteiger partial charge in [0.2, 0.25) is 0 Å². The molecular formula is C19H22N2O5. The van der Waals surface area contributed by atoms with Crippen LogP contribution in [0.5, 0.6) is 5.75 Å². The maximum Gasteiger partial charge on any atom is 0.274 e. The molecule has 138 valence electrons. The van der Waals surface area contributed by atoms with Crippen molar-refractivity contribution in [2.24, 2.45) is 5.92 Å². The zero-order valence-electron chi connectivity index (χ0n) is 14.6. The van der Waals surface area contributed by atoms with Crippen LogP contribution in [0.4, 0.5) is 0 Å². The number of nitrogens with one attached hydrogen (secondary N) is 1. The normalized spacial score (nSPS) is 22.3. The fourth-order valence-corrected chi connectivity index (χ4v) is 3.74. The molecular weight excluding hydrogens is 336 g/mol. The van der Waals surface area contributed by atoms with E-state index in [0.717, 1.165) is 23.3 Å². The van der Waals surface area contributed by atoms with E-state index >= 15 is 0 Å². The number of nitrogens with zero attached hydrogens (tertiary/aromatic N) is 1. The largest absolute Gasteiger partial charge is 0.493 e. The molecule has 1 unspecified atom stereocenters. The molecule has 7 heteroatoms. The van der Waals surface area contributed by atoms with Gasteiger partial charge in [-0.1, -0.05) is 11.2 Å². The Kier molecular flexibility index (Phi) is 4.42. The highest BCUT2D eigenvalue weighted by Crippen LogP contribution is 2.40. The number of hydrogen-bond donors (Lipinski definition) is 3. The first kappa shape index (κ1) is 17.1. The van der Waals surface area contributed by atoms with Gasteiger partial charge >= 0.3 is 0 Å². The summed E-state index contributed by atoms with van der Waals surface area (Å²) in [6.07, 6.45) is 1.82. The Morgan fingerprint density at radius 1 is 1.42 bits per heavy atom. The van der Waals surface area contributed by atoms with Gasteiger partial charge < -0.3 is 24.8 Å². The van der Waals surface area contributed by atoms with Gasteiger partial charge in [-0.05, 0) is 48.9 Å². The first-order valence-electron chi connectivity index (χ1n) is 8.87. The molecule has 0 radical (unpaired) electrons. The molecule has 3 N–H and O–H groups in total. The zero-order valence-corrected chi connectivity index (χ0v) is 14.6. The van der Waals surface area contributed by atoms with Gasteiger partial charge in [-0.2, -0.15) is 0 Å². The second-order valence-electron chi connectivity index (χ2n) is 7.03. The minimum atomic E-state index is -0.381. The van der Waals surface area contributed by atoms with Gasteiger partial charge in [-0.15, -0.1) is 0 Å². The van der Waals surface area contributed by atoms with Gasteiger partial charge in [0.25, 0.3) is 5.91 Å². The maximum absolute atomic E-state index is 12.7. The Morgan fingerprint density at radius 3 is 2.96 bits per heavy atom. The van der Waals surface area contributed by atoms with Crippen LogP contribution in [0.1, 0.15) is 51.8 Å². The van der Waals surface area contributed by atoms with Crippen LogP contribution in [0.3, 0.4) is 0 Å². The molecule has 1 aromatic carbocycles. The number of aromatic nitrogens is 1. The van der Waals surface area contributed by atoms with Crippen molar-refractivity contribution in [2.45, 2.75) is 44.9 Å². The highest BCUT2D eigenvalue weighted by atomic mass is 16.5. The summed E-state index contributed by atoms with van der Waals surface area (Å²) in [5.74, 6) is 1.10.